The third kappa shape index (κ3) is 6.00. The molecule has 0 spiro atoms. The number of nitrogens with one attached hydrogen (secondary N) is 2. The summed E-state index contributed by atoms with van der Waals surface area (Å²) in [6, 6.07) is 16.5. The average Bonchev–Trinajstić information content (AvgIpc) is 2.60. The Bertz CT molecular complexity index is 760. The zero-order chi connectivity index (χ0) is 18.2. The number of hydrogen-bond acceptors (Lipinski definition) is 3. The van der Waals surface area contributed by atoms with Crippen LogP contribution in [-0.4, -0.2) is 35.9 Å². The Kier molecular flexibility index (Phi) is 6.65. The van der Waals surface area contributed by atoms with Gasteiger partial charge in [-0.05, 0) is 48.5 Å². The van der Waals surface area contributed by atoms with E-state index in [-0.39, 0.29) is 16.9 Å². The van der Waals surface area contributed by atoms with Gasteiger partial charge in [0.15, 0.2) is 5.11 Å². The monoisotopic (exact) mass is 355 g/mol. The van der Waals surface area contributed by atoms with Crippen molar-refractivity contribution in [2.24, 2.45) is 0 Å². The molecule has 0 saturated heterocycles. The van der Waals surface area contributed by atoms with Crippen molar-refractivity contribution in [2.75, 3.05) is 19.4 Å². The molecule has 0 aliphatic heterocycles. The number of carbonyl (C=O) groups excluding carboxylic acids is 2. The highest BCUT2D eigenvalue weighted by molar-refractivity contribution is 7.80. The van der Waals surface area contributed by atoms with E-state index in [0.29, 0.717) is 18.4 Å². The van der Waals surface area contributed by atoms with E-state index < -0.39 is 0 Å². The molecule has 2 aromatic rings. The number of benzene rings is 2. The SMILES string of the molecule is CN(C)C(=O)CCc1cccc(NC(=S)NC(=O)c2ccccc2)c1. The molecule has 0 fully saturated rings. The van der Waals surface area contributed by atoms with Crippen LogP contribution in [0.1, 0.15) is 22.3 Å². The summed E-state index contributed by atoms with van der Waals surface area (Å²) in [5.41, 5.74) is 2.34. The second kappa shape index (κ2) is 8.94. The fraction of sp³-hybridized carbons (Fsp3) is 0.211. The minimum Gasteiger partial charge on any atom is -0.349 e. The number of aryl methyl sites for hydroxylation is 1. The summed E-state index contributed by atoms with van der Waals surface area (Å²) < 4.78 is 0. The van der Waals surface area contributed by atoms with E-state index in [9.17, 15) is 9.59 Å². The molecule has 0 atom stereocenters. The Labute approximate surface area is 153 Å². The molecule has 130 valence electrons. The van der Waals surface area contributed by atoms with Gasteiger partial charge in [0.1, 0.15) is 0 Å². The lowest BCUT2D eigenvalue weighted by Gasteiger charge is -2.12. The van der Waals surface area contributed by atoms with Crippen LogP contribution in [0.4, 0.5) is 5.69 Å². The topological polar surface area (TPSA) is 61.4 Å². The van der Waals surface area contributed by atoms with Crippen LogP contribution in [-0.2, 0) is 11.2 Å². The predicted octanol–water partition coefficient (Wildman–Crippen LogP) is 2.83. The Morgan fingerprint density at radius 1 is 1.04 bits per heavy atom. The maximum absolute atomic E-state index is 12.1. The molecule has 0 radical (unpaired) electrons. The van der Waals surface area contributed by atoms with Crippen molar-refractivity contribution in [2.45, 2.75) is 12.8 Å². The fourth-order valence-corrected chi connectivity index (χ4v) is 2.42. The summed E-state index contributed by atoms with van der Waals surface area (Å²) >= 11 is 5.19. The van der Waals surface area contributed by atoms with Crippen LogP contribution < -0.4 is 10.6 Å². The molecule has 0 bridgehead atoms. The normalized spacial score (nSPS) is 10.0. The van der Waals surface area contributed by atoms with Crippen LogP contribution in [0.15, 0.2) is 54.6 Å². The van der Waals surface area contributed by atoms with Gasteiger partial charge in [0, 0.05) is 31.8 Å². The first-order valence-corrected chi connectivity index (χ1v) is 8.33. The third-order valence-corrected chi connectivity index (χ3v) is 3.78. The molecule has 0 saturated carbocycles. The maximum Gasteiger partial charge on any atom is 0.257 e. The van der Waals surface area contributed by atoms with Gasteiger partial charge in [-0.15, -0.1) is 0 Å². The van der Waals surface area contributed by atoms with Crippen LogP contribution in [0.5, 0.6) is 0 Å². The van der Waals surface area contributed by atoms with Crippen LogP contribution in [0.25, 0.3) is 0 Å². The molecule has 6 heteroatoms. The van der Waals surface area contributed by atoms with Crippen molar-refractivity contribution < 1.29 is 9.59 Å². The first kappa shape index (κ1) is 18.6. The van der Waals surface area contributed by atoms with Crippen LogP contribution >= 0.6 is 12.2 Å². The summed E-state index contributed by atoms with van der Waals surface area (Å²) in [6.45, 7) is 0. The van der Waals surface area contributed by atoms with E-state index in [1.807, 2.05) is 30.3 Å². The average molecular weight is 355 g/mol. The van der Waals surface area contributed by atoms with Gasteiger partial charge in [0.25, 0.3) is 5.91 Å². The zero-order valence-electron chi connectivity index (χ0n) is 14.3. The van der Waals surface area contributed by atoms with Crippen LogP contribution in [0, 0.1) is 0 Å². The number of amides is 2. The summed E-state index contributed by atoms with van der Waals surface area (Å²) in [4.78, 5) is 25.3. The zero-order valence-corrected chi connectivity index (χ0v) is 15.1. The van der Waals surface area contributed by atoms with Gasteiger partial charge in [-0.2, -0.15) is 0 Å². The molecule has 0 heterocycles. The van der Waals surface area contributed by atoms with E-state index in [1.54, 1.807) is 43.3 Å². The number of hydrogen-bond donors (Lipinski definition) is 2. The lowest BCUT2D eigenvalue weighted by Crippen LogP contribution is -2.34. The number of rotatable bonds is 5. The van der Waals surface area contributed by atoms with Gasteiger partial charge < -0.3 is 10.2 Å². The highest BCUT2D eigenvalue weighted by atomic mass is 32.1. The van der Waals surface area contributed by atoms with Crippen molar-refractivity contribution in [3.8, 4) is 0 Å². The lowest BCUT2D eigenvalue weighted by atomic mass is 10.1. The minimum absolute atomic E-state index is 0.0870. The second-order valence-electron chi connectivity index (χ2n) is 5.76. The maximum atomic E-state index is 12.1. The Balaban J connectivity index is 1.91. The molecule has 2 N–H and O–H groups in total. The van der Waals surface area contributed by atoms with E-state index in [1.165, 1.54) is 0 Å². The highest BCUT2D eigenvalue weighted by Crippen LogP contribution is 2.13. The largest absolute Gasteiger partial charge is 0.349 e. The number of thiocarbonyl (C=S) groups is 1. The van der Waals surface area contributed by atoms with E-state index in [4.69, 9.17) is 12.2 Å². The third-order valence-electron chi connectivity index (χ3n) is 3.57. The van der Waals surface area contributed by atoms with Gasteiger partial charge in [0.2, 0.25) is 5.91 Å². The summed E-state index contributed by atoms with van der Waals surface area (Å²) in [6.07, 6.45) is 1.10. The molecule has 0 aliphatic carbocycles. The number of carbonyl (C=O) groups is 2. The molecule has 0 aromatic heterocycles. The second-order valence-corrected chi connectivity index (χ2v) is 6.17. The summed E-state index contributed by atoms with van der Waals surface area (Å²) in [7, 11) is 3.49. The first-order chi connectivity index (χ1) is 12.0. The minimum atomic E-state index is -0.258. The van der Waals surface area contributed by atoms with Crippen molar-refractivity contribution in [1.82, 2.24) is 10.2 Å². The van der Waals surface area contributed by atoms with Crippen molar-refractivity contribution in [3.63, 3.8) is 0 Å². The van der Waals surface area contributed by atoms with E-state index >= 15 is 0 Å². The van der Waals surface area contributed by atoms with E-state index in [0.717, 1.165) is 11.3 Å². The molecule has 0 unspecified atom stereocenters. The van der Waals surface area contributed by atoms with Crippen molar-refractivity contribution >= 4 is 34.8 Å². The number of nitrogens with zero attached hydrogens (tertiary/aromatic N) is 1. The smallest absolute Gasteiger partial charge is 0.257 e. The standard InChI is InChI=1S/C19H21N3O2S/c1-22(2)17(23)12-11-14-7-6-10-16(13-14)20-19(25)21-18(24)15-8-4-3-5-9-15/h3-10,13H,11-12H2,1-2H3,(H2,20,21,24,25). The molecule has 2 amide bonds. The quantitative estimate of drug-likeness (QED) is 0.810. The number of anilines is 1. The van der Waals surface area contributed by atoms with Gasteiger partial charge in [-0.25, -0.2) is 0 Å². The fourth-order valence-electron chi connectivity index (χ4n) is 2.21. The molecule has 2 aromatic carbocycles. The first-order valence-electron chi connectivity index (χ1n) is 7.92. The van der Waals surface area contributed by atoms with Crippen LogP contribution in [0.2, 0.25) is 0 Å². The summed E-state index contributed by atoms with van der Waals surface area (Å²) in [5.74, 6) is -0.171. The molecule has 25 heavy (non-hydrogen) atoms. The Morgan fingerprint density at radius 2 is 1.76 bits per heavy atom. The van der Waals surface area contributed by atoms with E-state index in [2.05, 4.69) is 10.6 Å². The molecule has 2 rings (SSSR count). The predicted molar refractivity (Wildman–Crippen MR) is 104 cm³/mol. The van der Waals surface area contributed by atoms with Gasteiger partial charge >= 0.3 is 0 Å². The van der Waals surface area contributed by atoms with Crippen molar-refractivity contribution in [1.29, 1.82) is 0 Å². The Morgan fingerprint density at radius 3 is 2.44 bits per heavy atom. The Hall–Kier alpha value is -2.73. The van der Waals surface area contributed by atoms with Gasteiger partial charge in [-0.1, -0.05) is 30.3 Å². The van der Waals surface area contributed by atoms with Gasteiger partial charge in [0.05, 0.1) is 0 Å². The molecular weight excluding hydrogens is 334 g/mol. The van der Waals surface area contributed by atoms with Gasteiger partial charge in [-0.3, -0.25) is 14.9 Å². The summed E-state index contributed by atoms with van der Waals surface area (Å²) in [5, 5.41) is 5.88. The lowest BCUT2D eigenvalue weighted by molar-refractivity contribution is -0.128. The molecule has 0 aliphatic rings. The highest BCUT2D eigenvalue weighted by Gasteiger charge is 2.08. The molecular formula is C19H21N3O2S. The molecule has 5 nitrogen and oxygen atoms in total. The van der Waals surface area contributed by atoms with Crippen molar-refractivity contribution in [3.05, 3.63) is 65.7 Å². The van der Waals surface area contributed by atoms with Crippen LogP contribution in [0.3, 0.4) is 0 Å².